The Bertz CT molecular complexity index is 2010. The maximum Gasteiger partial charge on any atom is 0.336 e. The molecule has 14 heteroatoms. The second-order valence-corrected chi connectivity index (χ2v) is 11.2. The number of benzene rings is 2. The molecule has 226 valence electrons. The van der Waals surface area contributed by atoms with Crippen molar-refractivity contribution in [1.29, 1.82) is 0 Å². The fourth-order valence-corrected chi connectivity index (χ4v) is 5.58. The lowest BCUT2D eigenvalue weighted by molar-refractivity contribution is -0.130. The molecule has 45 heavy (non-hydrogen) atoms. The first-order chi connectivity index (χ1) is 21.6. The zero-order valence-corrected chi connectivity index (χ0v) is 25.3. The summed E-state index contributed by atoms with van der Waals surface area (Å²) in [6, 6.07) is 10.1. The number of carbonyl (C=O) groups is 2. The van der Waals surface area contributed by atoms with Crippen LogP contribution in [0, 0.1) is 0 Å². The van der Waals surface area contributed by atoms with Gasteiger partial charge in [0.1, 0.15) is 12.2 Å². The molecule has 0 saturated heterocycles. The molecule has 0 aliphatic heterocycles. The standard InChI is InChI=1S/C31H25Cl2N9O3/c1-17-9-18-3-4-19(12-22(18)23(10-17)31(44)45)27-14-34-30(37-27)26(13-25-24(33)15-41(2)38-25)36-29(43)8-5-20-11-21(32)6-7-28(20)42-16-35-39-40-42/h3-8,10-12,14-16,26H,1,9,13H2,2H3,(H,34,37)(H,36,43)(H,44,45)/b8-5+/t26-/m0/s1. The molecule has 1 aliphatic carbocycles. The number of aliphatic carboxylic acids is 1. The summed E-state index contributed by atoms with van der Waals surface area (Å²) in [6.45, 7) is 3.94. The maximum absolute atomic E-state index is 13.3. The molecule has 2 aromatic carbocycles. The Balaban J connectivity index is 1.29. The van der Waals surface area contributed by atoms with Crippen LogP contribution >= 0.6 is 23.2 Å². The SMILES string of the molecule is C=C1C=C(C(=O)O)c2cc(-c3cnc([C@H](Cc4nn(C)cc4Cl)NC(=O)/C=C/c4cc(Cl)ccc4-n4cnnn4)[nH]3)ccc2C1. The molecule has 6 rings (SSSR count). The molecule has 0 saturated carbocycles. The lowest BCUT2D eigenvalue weighted by atomic mass is 9.87. The summed E-state index contributed by atoms with van der Waals surface area (Å²) in [7, 11) is 1.76. The molecule has 3 aromatic heterocycles. The average molecular weight is 643 g/mol. The first-order valence-corrected chi connectivity index (χ1v) is 14.4. The van der Waals surface area contributed by atoms with Crippen molar-refractivity contribution < 1.29 is 14.7 Å². The largest absolute Gasteiger partial charge is 0.478 e. The third-order valence-corrected chi connectivity index (χ3v) is 7.75. The number of carbonyl (C=O) groups excluding carboxylic acids is 1. The van der Waals surface area contributed by atoms with Gasteiger partial charge in [0.2, 0.25) is 5.91 Å². The van der Waals surface area contributed by atoms with E-state index in [1.807, 2.05) is 18.2 Å². The number of hydrogen-bond acceptors (Lipinski definition) is 7. The molecule has 0 radical (unpaired) electrons. The number of tetrazole rings is 1. The van der Waals surface area contributed by atoms with Gasteiger partial charge >= 0.3 is 5.97 Å². The van der Waals surface area contributed by atoms with Crippen molar-refractivity contribution in [3.63, 3.8) is 0 Å². The van der Waals surface area contributed by atoms with Crippen LogP contribution in [0.25, 0.3) is 28.6 Å². The van der Waals surface area contributed by atoms with E-state index in [9.17, 15) is 14.7 Å². The van der Waals surface area contributed by atoms with Crippen LogP contribution in [0.15, 0.2) is 79.4 Å². The highest BCUT2D eigenvalue weighted by atomic mass is 35.5. The number of H-pyrrole nitrogens is 1. The maximum atomic E-state index is 13.3. The molecule has 1 atom stereocenters. The molecule has 1 aliphatic rings. The number of allylic oxidation sites excluding steroid dienone is 2. The Labute approximate surface area is 266 Å². The van der Waals surface area contributed by atoms with Gasteiger partial charge in [0.25, 0.3) is 0 Å². The minimum Gasteiger partial charge on any atom is -0.478 e. The summed E-state index contributed by atoms with van der Waals surface area (Å²) in [5, 5.41) is 29.4. The molecule has 3 N–H and O–H groups in total. The van der Waals surface area contributed by atoms with Crippen molar-refractivity contribution in [3.05, 3.63) is 118 Å². The molecule has 5 aromatic rings. The van der Waals surface area contributed by atoms with Crippen LogP contribution in [0.5, 0.6) is 0 Å². The number of fused-ring (bicyclic) bond motifs is 1. The van der Waals surface area contributed by atoms with Gasteiger partial charge in [0, 0.05) is 41.9 Å². The van der Waals surface area contributed by atoms with E-state index < -0.39 is 17.9 Å². The number of carboxylic acids is 1. The molecule has 1 amide bonds. The normalized spacial score (nSPS) is 13.5. The van der Waals surface area contributed by atoms with Gasteiger partial charge in [-0.15, -0.1) is 5.10 Å². The molecular weight excluding hydrogens is 617 g/mol. The van der Waals surface area contributed by atoms with Crippen LogP contribution in [-0.2, 0) is 29.5 Å². The molecule has 3 heterocycles. The Morgan fingerprint density at radius 3 is 2.80 bits per heavy atom. The number of aryl methyl sites for hydroxylation is 1. The van der Waals surface area contributed by atoms with E-state index in [0.717, 1.165) is 16.7 Å². The summed E-state index contributed by atoms with van der Waals surface area (Å²) in [4.78, 5) is 33.1. The second-order valence-electron chi connectivity index (χ2n) is 10.4. The second kappa shape index (κ2) is 12.3. The fourth-order valence-electron chi connectivity index (χ4n) is 5.14. The Morgan fingerprint density at radius 2 is 2.07 bits per heavy atom. The van der Waals surface area contributed by atoms with E-state index in [1.54, 1.807) is 54.5 Å². The van der Waals surface area contributed by atoms with Crippen LogP contribution in [-0.4, -0.2) is 56.9 Å². The summed E-state index contributed by atoms with van der Waals surface area (Å²) in [5.41, 5.74) is 5.66. The van der Waals surface area contributed by atoms with Crippen LogP contribution in [0.3, 0.4) is 0 Å². The van der Waals surface area contributed by atoms with Crippen molar-refractivity contribution in [2.45, 2.75) is 18.9 Å². The highest BCUT2D eigenvalue weighted by Gasteiger charge is 2.23. The molecule has 12 nitrogen and oxygen atoms in total. The number of nitrogens with one attached hydrogen (secondary N) is 2. The van der Waals surface area contributed by atoms with Gasteiger partial charge in [0.15, 0.2) is 0 Å². The van der Waals surface area contributed by atoms with Crippen molar-refractivity contribution >= 4 is 46.7 Å². The number of halogens is 2. The van der Waals surface area contributed by atoms with E-state index in [-0.39, 0.29) is 12.0 Å². The summed E-state index contributed by atoms with van der Waals surface area (Å²) in [6.07, 6.45) is 10.2. The number of carboxylic acid groups (broad SMARTS) is 1. The van der Waals surface area contributed by atoms with Crippen molar-refractivity contribution in [2.24, 2.45) is 7.05 Å². The Morgan fingerprint density at radius 1 is 1.22 bits per heavy atom. The molecule has 0 fully saturated rings. The Kier molecular flexibility index (Phi) is 8.16. The average Bonchev–Trinajstić information content (AvgIpc) is 3.77. The van der Waals surface area contributed by atoms with Crippen molar-refractivity contribution in [2.75, 3.05) is 0 Å². The van der Waals surface area contributed by atoms with Crippen LogP contribution < -0.4 is 5.32 Å². The topological polar surface area (TPSA) is 156 Å². The first kappa shape index (κ1) is 29.7. The van der Waals surface area contributed by atoms with Gasteiger partial charge in [0.05, 0.1) is 39.9 Å². The smallest absolute Gasteiger partial charge is 0.336 e. The predicted octanol–water partition coefficient (Wildman–Crippen LogP) is 4.79. The molecule has 0 bridgehead atoms. The fraction of sp³-hybridized carbons (Fsp3) is 0.129. The third kappa shape index (κ3) is 6.47. The number of amides is 1. The molecular formula is C31H25Cl2N9O3. The minimum absolute atomic E-state index is 0.188. The minimum atomic E-state index is -1.02. The summed E-state index contributed by atoms with van der Waals surface area (Å²) in [5.74, 6) is -0.964. The lowest BCUT2D eigenvalue weighted by Gasteiger charge is -2.18. The van der Waals surface area contributed by atoms with Gasteiger partial charge in [-0.05, 0) is 70.0 Å². The van der Waals surface area contributed by atoms with Gasteiger partial charge in [-0.2, -0.15) is 9.78 Å². The van der Waals surface area contributed by atoms with E-state index in [4.69, 9.17) is 23.2 Å². The van der Waals surface area contributed by atoms with E-state index in [0.29, 0.717) is 50.5 Å². The number of nitrogens with zero attached hydrogens (tertiary/aromatic N) is 7. The van der Waals surface area contributed by atoms with Crippen molar-refractivity contribution in [1.82, 2.24) is 45.3 Å². The molecule has 0 unspecified atom stereocenters. The number of hydrogen-bond donors (Lipinski definition) is 3. The first-order valence-electron chi connectivity index (χ1n) is 13.7. The van der Waals surface area contributed by atoms with E-state index >= 15 is 0 Å². The Hall–Kier alpha value is -5.33. The van der Waals surface area contributed by atoms with Crippen LogP contribution in [0.2, 0.25) is 10.0 Å². The van der Waals surface area contributed by atoms with Crippen LogP contribution in [0.4, 0.5) is 0 Å². The molecule has 0 spiro atoms. The highest BCUT2D eigenvalue weighted by molar-refractivity contribution is 6.31. The van der Waals surface area contributed by atoms with Crippen molar-refractivity contribution in [3.8, 4) is 16.9 Å². The van der Waals surface area contributed by atoms with Gasteiger partial charge in [-0.25, -0.2) is 9.78 Å². The van der Waals surface area contributed by atoms with Gasteiger partial charge < -0.3 is 15.4 Å². The third-order valence-electron chi connectivity index (χ3n) is 7.20. The van der Waals surface area contributed by atoms with Gasteiger partial charge in [-0.3, -0.25) is 9.48 Å². The number of imidazole rings is 1. The monoisotopic (exact) mass is 641 g/mol. The number of aromatic amines is 1. The lowest BCUT2D eigenvalue weighted by Crippen LogP contribution is -2.29. The highest BCUT2D eigenvalue weighted by Crippen LogP contribution is 2.33. The predicted molar refractivity (Wildman–Crippen MR) is 168 cm³/mol. The zero-order valence-electron chi connectivity index (χ0n) is 23.8. The summed E-state index contributed by atoms with van der Waals surface area (Å²) < 4.78 is 3.06. The quantitative estimate of drug-likeness (QED) is 0.194. The van der Waals surface area contributed by atoms with E-state index in [2.05, 4.69) is 42.5 Å². The van der Waals surface area contributed by atoms with Crippen LogP contribution in [0.1, 0.15) is 34.3 Å². The van der Waals surface area contributed by atoms with Gasteiger partial charge in [-0.1, -0.05) is 41.9 Å². The zero-order chi connectivity index (χ0) is 31.7. The number of aromatic nitrogens is 8. The van der Waals surface area contributed by atoms with E-state index in [1.165, 1.54) is 17.1 Å². The summed E-state index contributed by atoms with van der Waals surface area (Å²) >= 11 is 12.6. The number of rotatable bonds is 9.